The second-order valence-corrected chi connectivity index (χ2v) is 6.44. The molecule has 0 radical (unpaired) electrons. The fourth-order valence-corrected chi connectivity index (χ4v) is 3.38. The van der Waals surface area contributed by atoms with Gasteiger partial charge in [-0.05, 0) is 36.8 Å². The number of aromatic nitrogens is 2. The molecule has 0 fully saturated rings. The van der Waals surface area contributed by atoms with Crippen LogP contribution in [0.4, 0.5) is 5.69 Å². The van der Waals surface area contributed by atoms with Crippen LogP contribution in [0.2, 0.25) is 0 Å². The van der Waals surface area contributed by atoms with E-state index in [2.05, 4.69) is 4.98 Å². The lowest BCUT2D eigenvalue weighted by Gasteiger charge is -2.10. The maximum atomic E-state index is 11.0. The van der Waals surface area contributed by atoms with E-state index in [-0.39, 0.29) is 12.5 Å². The maximum Gasteiger partial charge on any atom is 0.269 e. The largest absolute Gasteiger partial charge is 0.454 e. The van der Waals surface area contributed by atoms with Gasteiger partial charge in [0.15, 0.2) is 11.5 Å². The predicted molar refractivity (Wildman–Crippen MR) is 96.5 cm³/mol. The molecule has 27 heavy (non-hydrogen) atoms. The molecule has 8 heteroatoms. The van der Waals surface area contributed by atoms with E-state index in [1.807, 2.05) is 25.3 Å². The third-order valence-electron chi connectivity index (χ3n) is 4.64. The summed E-state index contributed by atoms with van der Waals surface area (Å²) in [5.74, 6) is 2.19. The number of hydrogen-bond donors (Lipinski definition) is 0. The summed E-state index contributed by atoms with van der Waals surface area (Å²) in [4.78, 5) is 15.1. The van der Waals surface area contributed by atoms with Crippen LogP contribution >= 0.6 is 0 Å². The average Bonchev–Trinajstić information content (AvgIpc) is 3.21. The van der Waals surface area contributed by atoms with Gasteiger partial charge in [0.2, 0.25) is 6.79 Å². The first-order valence-corrected chi connectivity index (χ1v) is 8.40. The third-order valence-corrected chi connectivity index (χ3v) is 4.64. The minimum Gasteiger partial charge on any atom is -0.454 e. The number of benzene rings is 2. The van der Waals surface area contributed by atoms with Crippen molar-refractivity contribution in [2.75, 3.05) is 6.79 Å². The highest BCUT2D eigenvalue weighted by atomic mass is 16.7. The smallest absolute Gasteiger partial charge is 0.269 e. The van der Waals surface area contributed by atoms with Gasteiger partial charge in [-0.3, -0.25) is 10.1 Å². The zero-order chi connectivity index (χ0) is 18.5. The van der Waals surface area contributed by atoms with Crippen molar-refractivity contribution in [2.45, 2.75) is 13.3 Å². The van der Waals surface area contributed by atoms with Crippen molar-refractivity contribution in [1.29, 1.82) is 0 Å². The zero-order valence-electron chi connectivity index (χ0n) is 14.4. The second kappa shape index (κ2) is 5.66. The van der Waals surface area contributed by atoms with Crippen LogP contribution in [0.5, 0.6) is 11.5 Å². The molecule has 2 aliphatic heterocycles. The molecular formula is C19H14N4O4. The minimum absolute atomic E-state index is 0.0399. The van der Waals surface area contributed by atoms with Crippen LogP contribution in [0.1, 0.15) is 28.2 Å². The lowest BCUT2D eigenvalue weighted by Crippen LogP contribution is -2.07. The van der Waals surface area contributed by atoms with E-state index in [9.17, 15) is 10.1 Å². The predicted octanol–water partition coefficient (Wildman–Crippen LogP) is 3.03. The molecule has 0 N–H and O–H groups in total. The first-order valence-electron chi connectivity index (χ1n) is 8.40. The maximum absolute atomic E-state index is 11.0. The summed E-state index contributed by atoms with van der Waals surface area (Å²) in [5, 5.41) is 15.7. The Bertz CT molecular complexity index is 1120. The van der Waals surface area contributed by atoms with Crippen LogP contribution in [-0.4, -0.2) is 27.1 Å². The van der Waals surface area contributed by atoms with Gasteiger partial charge in [-0.15, -0.1) is 0 Å². The number of hydrogen-bond acceptors (Lipinski definition) is 6. The number of rotatable bonds is 2. The molecule has 0 spiro atoms. The van der Waals surface area contributed by atoms with Crippen LogP contribution in [0, 0.1) is 17.0 Å². The summed E-state index contributed by atoms with van der Waals surface area (Å²) in [7, 11) is 0. The fourth-order valence-electron chi connectivity index (χ4n) is 3.38. The van der Waals surface area contributed by atoms with Gasteiger partial charge in [0.25, 0.3) is 5.69 Å². The van der Waals surface area contributed by atoms with Crippen molar-refractivity contribution in [3.05, 3.63) is 80.9 Å². The first kappa shape index (κ1) is 15.6. The second-order valence-electron chi connectivity index (χ2n) is 6.44. The Hall–Kier alpha value is -3.68. The van der Waals surface area contributed by atoms with Crippen LogP contribution in [-0.2, 0) is 6.42 Å². The minimum atomic E-state index is -0.415. The third kappa shape index (κ3) is 2.53. The van der Waals surface area contributed by atoms with E-state index in [0.29, 0.717) is 23.6 Å². The highest BCUT2D eigenvalue weighted by Gasteiger charge is 2.25. The van der Waals surface area contributed by atoms with E-state index in [1.165, 1.54) is 12.1 Å². The number of ether oxygens (including phenoxy) is 2. The lowest BCUT2D eigenvalue weighted by molar-refractivity contribution is -0.384. The Labute approximate surface area is 153 Å². The van der Waals surface area contributed by atoms with Gasteiger partial charge in [0, 0.05) is 29.7 Å². The molecule has 0 aliphatic carbocycles. The Balaban J connectivity index is 1.72. The molecule has 5 rings (SSSR count). The molecule has 0 unspecified atom stereocenters. The number of nitrogens with zero attached hydrogens (tertiary/aromatic N) is 4. The van der Waals surface area contributed by atoms with Crippen molar-refractivity contribution in [2.24, 2.45) is 5.10 Å². The Morgan fingerprint density at radius 1 is 1.15 bits per heavy atom. The summed E-state index contributed by atoms with van der Waals surface area (Å²) < 4.78 is 12.8. The molecule has 1 aromatic heterocycles. The summed E-state index contributed by atoms with van der Waals surface area (Å²) >= 11 is 0. The molecule has 0 amide bonds. The standard InChI is InChI=1S/C19H14N4O4/c1-11-9-22-18(20-11)7-13-6-16-17(27-10-26-16)8-15(13)19(21-22)12-2-4-14(5-3-12)23(24)25/h2-6,8-9H,7,10H2,1H3. The molecule has 8 nitrogen and oxygen atoms in total. The van der Waals surface area contributed by atoms with Crippen molar-refractivity contribution in [3.63, 3.8) is 0 Å². The van der Waals surface area contributed by atoms with Gasteiger partial charge in [0.05, 0.1) is 22.5 Å². The normalized spacial score (nSPS) is 14.2. The van der Waals surface area contributed by atoms with Gasteiger partial charge >= 0.3 is 0 Å². The van der Waals surface area contributed by atoms with Crippen LogP contribution in [0.25, 0.3) is 0 Å². The van der Waals surface area contributed by atoms with Gasteiger partial charge in [-0.1, -0.05) is 0 Å². The van der Waals surface area contributed by atoms with E-state index in [0.717, 1.165) is 28.2 Å². The van der Waals surface area contributed by atoms with Crippen molar-refractivity contribution in [1.82, 2.24) is 9.66 Å². The number of imidazole rings is 1. The Kier molecular flexibility index (Phi) is 3.27. The van der Waals surface area contributed by atoms with Crippen LogP contribution < -0.4 is 9.47 Å². The first-order chi connectivity index (χ1) is 13.1. The highest BCUT2D eigenvalue weighted by Crippen LogP contribution is 2.37. The van der Waals surface area contributed by atoms with Gasteiger partial charge in [0.1, 0.15) is 5.82 Å². The molecule has 3 aromatic rings. The van der Waals surface area contributed by atoms with E-state index in [4.69, 9.17) is 14.6 Å². The molecule has 0 saturated heterocycles. The number of nitro groups is 1. The molecule has 3 heterocycles. The van der Waals surface area contributed by atoms with Gasteiger partial charge in [-0.2, -0.15) is 5.10 Å². The summed E-state index contributed by atoms with van der Waals surface area (Å²) in [6.45, 7) is 2.11. The molecule has 0 saturated carbocycles. The Morgan fingerprint density at radius 2 is 1.89 bits per heavy atom. The van der Waals surface area contributed by atoms with Gasteiger partial charge < -0.3 is 9.47 Å². The molecule has 2 aliphatic rings. The molecule has 134 valence electrons. The van der Waals surface area contributed by atoms with E-state index in [1.54, 1.807) is 16.8 Å². The number of nitro benzene ring substituents is 1. The average molecular weight is 362 g/mol. The Morgan fingerprint density at radius 3 is 2.63 bits per heavy atom. The summed E-state index contributed by atoms with van der Waals surface area (Å²) in [5.41, 5.74) is 4.31. The van der Waals surface area contributed by atoms with Crippen LogP contribution in [0.3, 0.4) is 0 Å². The molecule has 0 atom stereocenters. The molecule has 2 aromatic carbocycles. The topological polar surface area (TPSA) is 91.8 Å². The highest BCUT2D eigenvalue weighted by molar-refractivity contribution is 6.14. The van der Waals surface area contributed by atoms with E-state index < -0.39 is 4.92 Å². The monoisotopic (exact) mass is 362 g/mol. The van der Waals surface area contributed by atoms with Gasteiger partial charge in [-0.25, -0.2) is 9.66 Å². The quantitative estimate of drug-likeness (QED) is 0.404. The lowest BCUT2D eigenvalue weighted by atomic mass is 9.95. The number of fused-ring (bicyclic) bond motifs is 3. The molecule has 0 bridgehead atoms. The number of aryl methyl sites for hydroxylation is 1. The van der Waals surface area contributed by atoms with Crippen molar-refractivity contribution in [3.8, 4) is 11.5 Å². The summed E-state index contributed by atoms with van der Waals surface area (Å²) in [6, 6.07) is 10.3. The fraction of sp³-hybridized carbons (Fsp3) is 0.158. The van der Waals surface area contributed by atoms with Crippen LogP contribution in [0.15, 0.2) is 47.7 Å². The van der Waals surface area contributed by atoms with E-state index >= 15 is 0 Å². The number of non-ortho nitro benzene ring substituents is 1. The van der Waals surface area contributed by atoms with Crippen molar-refractivity contribution >= 4 is 11.4 Å². The molecular weight excluding hydrogens is 348 g/mol. The zero-order valence-corrected chi connectivity index (χ0v) is 14.4. The summed E-state index contributed by atoms with van der Waals surface area (Å²) in [6.07, 6.45) is 2.47. The SMILES string of the molecule is Cc1cn2c(n1)Cc1cc3c(cc1C(c1ccc([N+](=O)[O-])cc1)=N2)OCO3. The van der Waals surface area contributed by atoms with Crippen molar-refractivity contribution < 1.29 is 14.4 Å².